The summed E-state index contributed by atoms with van der Waals surface area (Å²) in [6, 6.07) is 9.55. The number of hydrogen-bond donors (Lipinski definition) is 1. The van der Waals surface area contributed by atoms with Crippen LogP contribution in [0.4, 0.5) is 13.2 Å². The standard InChI is InChI=1S/C22H26F3NO3/c1-20(2,11-13-9-7-6-8-10-13)12-21(3,4)14-15(22(23,24)25)17(27)16(26)19(29-5)18(14)28/h6-10H,11-12,26H2,1-5H3. The molecule has 0 aromatic heterocycles. The predicted octanol–water partition coefficient (Wildman–Crippen LogP) is 4.50. The van der Waals surface area contributed by atoms with Gasteiger partial charge in [0.2, 0.25) is 11.6 Å². The molecule has 0 saturated heterocycles. The van der Waals surface area contributed by atoms with Crippen LogP contribution in [0, 0.1) is 10.8 Å². The van der Waals surface area contributed by atoms with Crippen molar-refractivity contribution in [3.8, 4) is 0 Å². The summed E-state index contributed by atoms with van der Waals surface area (Å²) in [5.41, 5.74) is 1.93. The summed E-state index contributed by atoms with van der Waals surface area (Å²) < 4.78 is 46.2. The van der Waals surface area contributed by atoms with Gasteiger partial charge in [0.1, 0.15) is 11.3 Å². The van der Waals surface area contributed by atoms with Crippen LogP contribution < -0.4 is 5.73 Å². The fourth-order valence-electron chi connectivity index (χ4n) is 4.32. The maximum absolute atomic E-state index is 13.8. The average Bonchev–Trinajstić information content (AvgIpc) is 2.56. The first-order chi connectivity index (χ1) is 13.2. The minimum absolute atomic E-state index is 0.236. The first kappa shape index (κ1) is 22.7. The molecule has 1 aliphatic carbocycles. The quantitative estimate of drug-likeness (QED) is 0.703. The second-order valence-electron chi connectivity index (χ2n) is 8.74. The van der Waals surface area contributed by atoms with E-state index in [1.807, 2.05) is 44.2 Å². The smallest absolute Gasteiger partial charge is 0.420 e. The molecule has 2 rings (SSSR count). The minimum atomic E-state index is -5.01. The topological polar surface area (TPSA) is 69.4 Å². The summed E-state index contributed by atoms with van der Waals surface area (Å²) in [4.78, 5) is 25.3. The highest BCUT2D eigenvalue weighted by molar-refractivity contribution is 6.25. The Morgan fingerprint density at radius 1 is 0.931 bits per heavy atom. The molecule has 0 atom stereocenters. The van der Waals surface area contributed by atoms with Crippen molar-refractivity contribution in [1.29, 1.82) is 0 Å². The zero-order valence-corrected chi connectivity index (χ0v) is 17.2. The predicted molar refractivity (Wildman–Crippen MR) is 104 cm³/mol. The molecule has 0 spiro atoms. The second-order valence-corrected chi connectivity index (χ2v) is 8.74. The van der Waals surface area contributed by atoms with E-state index in [0.717, 1.165) is 12.7 Å². The van der Waals surface area contributed by atoms with Crippen LogP contribution >= 0.6 is 0 Å². The van der Waals surface area contributed by atoms with Crippen LogP contribution in [0.25, 0.3) is 0 Å². The summed E-state index contributed by atoms with van der Waals surface area (Å²) in [6.45, 7) is 6.93. The lowest BCUT2D eigenvalue weighted by atomic mass is 9.65. The maximum atomic E-state index is 13.8. The number of halogens is 3. The van der Waals surface area contributed by atoms with E-state index in [9.17, 15) is 22.8 Å². The highest BCUT2D eigenvalue weighted by Crippen LogP contribution is 2.47. The van der Waals surface area contributed by atoms with E-state index in [-0.39, 0.29) is 6.42 Å². The van der Waals surface area contributed by atoms with Crippen molar-refractivity contribution in [1.82, 2.24) is 0 Å². The van der Waals surface area contributed by atoms with Crippen molar-refractivity contribution < 1.29 is 27.5 Å². The lowest BCUT2D eigenvalue weighted by molar-refractivity contribution is -0.131. The summed E-state index contributed by atoms with van der Waals surface area (Å²) in [5, 5.41) is 0. The Balaban J connectivity index is 2.52. The number of carbonyl (C=O) groups excluding carboxylic acids is 2. The van der Waals surface area contributed by atoms with Gasteiger partial charge in [0.25, 0.3) is 0 Å². The molecule has 0 unspecified atom stereocenters. The van der Waals surface area contributed by atoms with E-state index in [2.05, 4.69) is 0 Å². The normalized spacial score (nSPS) is 16.6. The van der Waals surface area contributed by atoms with Gasteiger partial charge < -0.3 is 10.5 Å². The molecule has 0 amide bonds. The van der Waals surface area contributed by atoms with Gasteiger partial charge in [-0.05, 0) is 29.2 Å². The Morgan fingerprint density at radius 2 is 1.48 bits per heavy atom. The van der Waals surface area contributed by atoms with Crippen LogP contribution in [0.5, 0.6) is 0 Å². The minimum Gasteiger partial charge on any atom is -0.491 e. The third-order valence-electron chi connectivity index (χ3n) is 5.01. The molecule has 0 fully saturated rings. The van der Waals surface area contributed by atoms with Crippen LogP contribution in [0.3, 0.4) is 0 Å². The number of Topliss-reactive ketones (excluding diaryl/α,β-unsaturated/α-hetero) is 2. The third kappa shape index (κ3) is 4.71. The molecular weight excluding hydrogens is 383 g/mol. The molecule has 7 heteroatoms. The van der Waals surface area contributed by atoms with E-state index in [4.69, 9.17) is 10.5 Å². The van der Waals surface area contributed by atoms with Crippen molar-refractivity contribution in [2.75, 3.05) is 7.11 Å². The fraction of sp³-hybridized carbons (Fsp3) is 0.455. The van der Waals surface area contributed by atoms with E-state index < -0.39 is 51.2 Å². The number of rotatable bonds is 6. The maximum Gasteiger partial charge on any atom is 0.420 e. The lowest BCUT2D eigenvalue weighted by Gasteiger charge is -2.38. The second kappa shape index (κ2) is 7.69. The summed E-state index contributed by atoms with van der Waals surface area (Å²) >= 11 is 0. The highest BCUT2D eigenvalue weighted by atomic mass is 19.4. The molecule has 0 radical (unpaired) electrons. The number of methoxy groups -OCH3 is 1. The van der Waals surface area contributed by atoms with Gasteiger partial charge in [0.15, 0.2) is 5.76 Å². The SMILES string of the molecule is COC1=C(N)C(=O)C(C(F)(F)F)=C(C(C)(C)CC(C)(C)Cc2ccccc2)C1=O. The Bertz CT molecular complexity index is 878. The molecular formula is C22H26F3NO3. The first-order valence-corrected chi connectivity index (χ1v) is 9.20. The monoisotopic (exact) mass is 409 g/mol. The number of nitrogens with two attached hydrogens (primary N) is 1. The van der Waals surface area contributed by atoms with Crippen molar-refractivity contribution in [2.24, 2.45) is 16.6 Å². The Labute approximate surface area is 168 Å². The van der Waals surface area contributed by atoms with Crippen LogP contribution in [-0.4, -0.2) is 24.9 Å². The zero-order chi connectivity index (χ0) is 22.2. The van der Waals surface area contributed by atoms with Crippen molar-refractivity contribution in [3.63, 3.8) is 0 Å². The largest absolute Gasteiger partial charge is 0.491 e. The lowest BCUT2D eigenvalue weighted by Crippen LogP contribution is -2.40. The van der Waals surface area contributed by atoms with Crippen LogP contribution in [0.15, 0.2) is 52.9 Å². The molecule has 0 heterocycles. The van der Waals surface area contributed by atoms with Gasteiger partial charge in [0.05, 0.1) is 7.11 Å². The summed E-state index contributed by atoms with van der Waals surface area (Å²) in [6.07, 6.45) is -4.17. The third-order valence-corrected chi connectivity index (χ3v) is 5.01. The van der Waals surface area contributed by atoms with Crippen LogP contribution in [0.2, 0.25) is 0 Å². The highest BCUT2D eigenvalue weighted by Gasteiger charge is 2.52. The van der Waals surface area contributed by atoms with Gasteiger partial charge in [-0.2, -0.15) is 13.2 Å². The van der Waals surface area contributed by atoms with Crippen LogP contribution in [0.1, 0.15) is 39.7 Å². The molecule has 4 nitrogen and oxygen atoms in total. The number of alkyl halides is 3. The number of ketones is 2. The number of ether oxygens (including phenoxy) is 1. The van der Waals surface area contributed by atoms with Gasteiger partial charge in [0, 0.05) is 5.57 Å². The van der Waals surface area contributed by atoms with Gasteiger partial charge in [-0.1, -0.05) is 58.0 Å². The van der Waals surface area contributed by atoms with Gasteiger partial charge in [-0.25, -0.2) is 0 Å². The fourth-order valence-corrected chi connectivity index (χ4v) is 4.32. The zero-order valence-electron chi connectivity index (χ0n) is 17.2. The number of allylic oxidation sites excluding steroid dienone is 2. The van der Waals surface area contributed by atoms with Gasteiger partial charge in [-0.3, -0.25) is 9.59 Å². The van der Waals surface area contributed by atoms with E-state index in [0.29, 0.717) is 6.42 Å². The number of carbonyl (C=O) groups is 2. The van der Waals surface area contributed by atoms with E-state index >= 15 is 0 Å². The molecule has 0 saturated carbocycles. The molecule has 1 aliphatic rings. The Hall–Kier alpha value is -2.57. The van der Waals surface area contributed by atoms with Gasteiger partial charge in [-0.15, -0.1) is 0 Å². The molecule has 0 aliphatic heterocycles. The molecule has 0 bridgehead atoms. The van der Waals surface area contributed by atoms with Crippen molar-refractivity contribution in [2.45, 2.75) is 46.7 Å². The molecule has 158 valence electrons. The van der Waals surface area contributed by atoms with Crippen molar-refractivity contribution >= 4 is 11.6 Å². The Kier molecular flexibility index (Phi) is 6.02. The average molecular weight is 409 g/mol. The number of benzene rings is 1. The molecule has 1 aromatic rings. The van der Waals surface area contributed by atoms with E-state index in [1.54, 1.807) is 13.8 Å². The first-order valence-electron chi connectivity index (χ1n) is 9.20. The summed E-state index contributed by atoms with van der Waals surface area (Å²) in [7, 11) is 1.11. The molecule has 1 aromatic carbocycles. The molecule has 2 N–H and O–H groups in total. The number of hydrogen-bond acceptors (Lipinski definition) is 4. The van der Waals surface area contributed by atoms with Crippen molar-refractivity contribution in [3.05, 3.63) is 58.5 Å². The van der Waals surface area contributed by atoms with E-state index in [1.165, 1.54) is 0 Å². The molecule has 29 heavy (non-hydrogen) atoms. The van der Waals surface area contributed by atoms with Crippen LogP contribution in [-0.2, 0) is 20.7 Å². The Morgan fingerprint density at radius 3 is 1.97 bits per heavy atom. The van der Waals surface area contributed by atoms with Gasteiger partial charge >= 0.3 is 6.18 Å². The summed E-state index contributed by atoms with van der Waals surface area (Å²) in [5.74, 6) is -2.94.